The average Bonchev–Trinajstić information content (AvgIpc) is 1.93. The second-order valence-corrected chi connectivity index (χ2v) is 4.74. The Morgan fingerprint density at radius 1 is 1.36 bits per heavy atom. The average molecular weight is 199 g/mol. The lowest BCUT2D eigenvalue weighted by Gasteiger charge is -2.51. The lowest BCUT2D eigenvalue weighted by atomic mass is 9.87. The molecule has 0 unspecified atom stereocenters. The summed E-state index contributed by atoms with van der Waals surface area (Å²) in [6, 6.07) is 0.772. The van der Waals surface area contributed by atoms with E-state index in [0.717, 1.165) is 13.1 Å². The zero-order valence-corrected chi connectivity index (χ0v) is 9.50. The number of hydrogen-bond acceptors (Lipinski definition) is 3. The standard InChI is InChI=1S/C10H21N3O/c1-7(2)12-10(9(11)14)5-13(6-10)8(3)4/h7-8,12H,5-6H2,1-4H3,(H2,11,14). The van der Waals surface area contributed by atoms with E-state index in [1.165, 1.54) is 0 Å². The molecule has 0 spiro atoms. The summed E-state index contributed by atoms with van der Waals surface area (Å²) in [5.41, 5.74) is 4.93. The Balaban J connectivity index is 2.58. The zero-order valence-electron chi connectivity index (χ0n) is 9.50. The van der Waals surface area contributed by atoms with Gasteiger partial charge in [0.15, 0.2) is 0 Å². The quantitative estimate of drug-likeness (QED) is 0.666. The summed E-state index contributed by atoms with van der Waals surface area (Å²) >= 11 is 0. The first kappa shape index (κ1) is 11.5. The molecule has 1 saturated heterocycles. The van der Waals surface area contributed by atoms with Crippen LogP contribution in [0.15, 0.2) is 0 Å². The molecule has 0 aromatic heterocycles. The summed E-state index contributed by atoms with van der Waals surface area (Å²) in [6.07, 6.45) is 0. The molecule has 1 heterocycles. The molecule has 4 nitrogen and oxygen atoms in total. The lowest BCUT2D eigenvalue weighted by Crippen LogP contribution is -2.76. The third-order valence-corrected chi connectivity index (χ3v) is 2.71. The fourth-order valence-electron chi connectivity index (χ4n) is 1.88. The predicted octanol–water partition coefficient (Wildman–Crippen LogP) is -0.0675. The van der Waals surface area contributed by atoms with Gasteiger partial charge in [0.2, 0.25) is 5.91 Å². The summed E-state index contributed by atoms with van der Waals surface area (Å²) in [6.45, 7) is 9.78. The topological polar surface area (TPSA) is 58.4 Å². The van der Waals surface area contributed by atoms with Crippen LogP contribution in [-0.4, -0.2) is 41.5 Å². The van der Waals surface area contributed by atoms with Crippen LogP contribution in [0, 0.1) is 0 Å². The van der Waals surface area contributed by atoms with Gasteiger partial charge in [0.1, 0.15) is 5.54 Å². The number of amides is 1. The Morgan fingerprint density at radius 3 is 2.14 bits per heavy atom. The van der Waals surface area contributed by atoms with Crippen molar-refractivity contribution in [2.45, 2.75) is 45.3 Å². The van der Waals surface area contributed by atoms with Crippen LogP contribution in [-0.2, 0) is 4.79 Å². The number of nitrogens with two attached hydrogens (primary N) is 1. The fraction of sp³-hybridized carbons (Fsp3) is 0.900. The lowest BCUT2D eigenvalue weighted by molar-refractivity contribution is -0.133. The molecular formula is C10H21N3O. The molecule has 0 aromatic carbocycles. The molecule has 82 valence electrons. The van der Waals surface area contributed by atoms with Gasteiger partial charge in [0.05, 0.1) is 0 Å². The third kappa shape index (κ3) is 2.07. The van der Waals surface area contributed by atoms with Crippen LogP contribution in [0.4, 0.5) is 0 Å². The van der Waals surface area contributed by atoms with Gasteiger partial charge in [0, 0.05) is 25.2 Å². The molecule has 1 rings (SSSR count). The van der Waals surface area contributed by atoms with Crippen LogP contribution in [0.2, 0.25) is 0 Å². The molecule has 0 aliphatic carbocycles. The number of hydrogen-bond donors (Lipinski definition) is 2. The Labute approximate surface area is 85.8 Å². The molecule has 3 N–H and O–H groups in total. The van der Waals surface area contributed by atoms with Crippen molar-refractivity contribution in [3.8, 4) is 0 Å². The maximum absolute atomic E-state index is 11.3. The van der Waals surface area contributed by atoms with E-state index in [1.807, 2.05) is 13.8 Å². The minimum atomic E-state index is -0.488. The Morgan fingerprint density at radius 2 is 1.86 bits per heavy atom. The van der Waals surface area contributed by atoms with Crippen LogP contribution in [0.3, 0.4) is 0 Å². The van der Waals surface area contributed by atoms with Crippen molar-refractivity contribution in [1.29, 1.82) is 0 Å². The van der Waals surface area contributed by atoms with Crippen molar-refractivity contribution in [2.24, 2.45) is 5.73 Å². The first-order valence-electron chi connectivity index (χ1n) is 5.19. The van der Waals surface area contributed by atoms with Gasteiger partial charge in [-0.05, 0) is 27.7 Å². The van der Waals surface area contributed by atoms with Crippen LogP contribution in [0.1, 0.15) is 27.7 Å². The number of carbonyl (C=O) groups excluding carboxylic acids is 1. The number of carbonyl (C=O) groups is 1. The fourth-order valence-corrected chi connectivity index (χ4v) is 1.88. The van der Waals surface area contributed by atoms with Crippen LogP contribution in [0.5, 0.6) is 0 Å². The van der Waals surface area contributed by atoms with Gasteiger partial charge in [-0.1, -0.05) is 0 Å². The van der Waals surface area contributed by atoms with Crippen molar-refractivity contribution in [3.63, 3.8) is 0 Å². The monoisotopic (exact) mass is 199 g/mol. The summed E-state index contributed by atoms with van der Waals surface area (Å²) in [4.78, 5) is 13.6. The normalized spacial score (nSPS) is 21.3. The maximum atomic E-state index is 11.3. The van der Waals surface area contributed by atoms with E-state index in [-0.39, 0.29) is 11.9 Å². The molecule has 1 aliphatic rings. The van der Waals surface area contributed by atoms with E-state index < -0.39 is 5.54 Å². The van der Waals surface area contributed by atoms with E-state index in [1.54, 1.807) is 0 Å². The van der Waals surface area contributed by atoms with Crippen molar-refractivity contribution in [1.82, 2.24) is 10.2 Å². The number of likely N-dealkylation sites (tertiary alicyclic amines) is 1. The van der Waals surface area contributed by atoms with E-state index >= 15 is 0 Å². The molecule has 1 amide bonds. The van der Waals surface area contributed by atoms with Gasteiger partial charge in [-0.2, -0.15) is 0 Å². The number of rotatable bonds is 4. The van der Waals surface area contributed by atoms with Gasteiger partial charge in [-0.15, -0.1) is 0 Å². The van der Waals surface area contributed by atoms with E-state index in [4.69, 9.17) is 5.73 Å². The van der Waals surface area contributed by atoms with E-state index in [9.17, 15) is 4.79 Å². The summed E-state index contributed by atoms with van der Waals surface area (Å²) in [7, 11) is 0. The third-order valence-electron chi connectivity index (χ3n) is 2.71. The molecule has 0 aromatic rings. The molecule has 4 heteroatoms. The SMILES string of the molecule is CC(C)NC1(C(N)=O)CN(C(C)C)C1. The van der Waals surface area contributed by atoms with Gasteiger partial charge in [0.25, 0.3) is 0 Å². The first-order valence-corrected chi connectivity index (χ1v) is 5.19. The smallest absolute Gasteiger partial charge is 0.240 e. The van der Waals surface area contributed by atoms with Gasteiger partial charge in [-0.3, -0.25) is 15.0 Å². The van der Waals surface area contributed by atoms with Gasteiger partial charge < -0.3 is 5.73 Å². The minimum Gasteiger partial charge on any atom is -0.368 e. The summed E-state index contributed by atoms with van der Waals surface area (Å²) in [5.74, 6) is -0.233. The van der Waals surface area contributed by atoms with E-state index in [2.05, 4.69) is 24.1 Å². The van der Waals surface area contributed by atoms with E-state index in [0.29, 0.717) is 6.04 Å². The molecular weight excluding hydrogens is 178 g/mol. The molecule has 0 radical (unpaired) electrons. The predicted molar refractivity (Wildman–Crippen MR) is 56.9 cm³/mol. The van der Waals surface area contributed by atoms with Gasteiger partial charge >= 0.3 is 0 Å². The largest absolute Gasteiger partial charge is 0.368 e. The molecule has 14 heavy (non-hydrogen) atoms. The Bertz CT molecular complexity index is 219. The minimum absolute atomic E-state index is 0.233. The van der Waals surface area contributed by atoms with Crippen molar-refractivity contribution in [2.75, 3.05) is 13.1 Å². The summed E-state index contributed by atoms with van der Waals surface area (Å²) < 4.78 is 0. The number of primary amides is 1. The maximum Gasteiger partial charge on any atom is 0.240 e. The summed E-state index contributed by atoms with van der Waals surface area (Å²) in [5, 5.41) is 3.26. The Kier molecular flexibility index (Phi) is 3.17. The van der Waals surface area contributed by atoms with Crippen molar-refractivity contribution < 1.29 is 4.79 Å². The van der Waals surface area contributed by atoms with Crippen molar-refractivity contribution >= 4 is 5.91 Å². The highest BCUT2D eigenvalue weighted by atomic mass is 16.1. The molecule has 0 saturated carbocycles. The van der Waals surface area contributed by atoms with Crippen molar-refractivity contribution in [3.05, 3.63) is 0 Å². The highest BCUT2D eigenvalue weighted by molar-refractivity contribution is 5.86. The molecule has 1 aliphatic heterocycles. The van der Waals surface area contributed by atoms with Crippen LogP contribution >= 0.6 is 0 Å². The van der Waals surface area contributed by atoms with Crippen LogP contribution in [0.25, 0.3) is 0 Å². The van der Waals surface area contributed by atoms with Gasteiger partial charge in [-0.25, -0.2) is 0 Å². The number of nitrogens with zero attached hydrogens (tertiary/aromatic N) is 1. The highest BCUT2D eigenvalue weighted by Gasteiger charge is 2.48. The molecule has 1 fully saturated rings. The highest BCUT2D eigenvalue weighted by Crippen LogP contribution is 2.23. The van der Waals surface area contributed by atoms with Crippen LogP contribution < -0.4 is 11.1 Å². The molecule has 0 atom stereocenters. The second-order valence-electron chi connectivity index (χ2n) is 4.74. The first-order chi connectivity index (χ1) is 6.37. The number of nitrogens with one attached hydrogen (secondary N) is 1. The second kappa shape index (κ2) is 3.87. The molecule has 0 bridgehead atoms. The zero-order chi connectivity index (χ0) is 10.9. The Hall–Kier alpha value is -0.610.